The van der Waals surface area contributed by atoms with Crippen LogP contribution in [-0.2, 0) is 4.79 Å². The highest BCUT2D eigenvalue weighted by molar-refractivity contribution is 6.27. The molecule has 1 heteroatoms. The summed E-state index contributed by atoms with van der Waals surface area (Å²) in [5.74, 6) is 0.213. The number of carbonyl (C=O) groups is 1. The first-order chi connectivity index (χ1) is 9.15. The average molecular weight is 248 g/mol. The quantitative estimate of drug-likeness (QED) is 0.795. The fourth-order valence-electron chi connectivity index (χ4n) is 2.80. The van der Waals surface area contributed by atoms with Crippen molar-refractivity contribution >= 4 is 16.9 Å². The minimum Gasteiger partial charge on any atom is -0.299 e. The Bertz CT molecular complexity index is 601. The second-order valence-electron chi connectivity index (χ2n) is 5.16. The maximum Gasteiger partial charge on any atom is 0.144 e. The fraction of sp³-hybridized carbons (Fsp3) is 0.167. The van der Waals surface area contributed by atoms with E-state index in [4.69, 9.17) is 0 Å². The summed E-state index contributed by atoms with van der Waals surface area (Å²) in [5.41, 5.74) is 4.24. The monoisotopic (exact) mass is 248 g/mol. The van der Waals surface area contributed by atoms with Crippen molar-refractivity contribution in [3.05, 3.63) is 71.8 Å². The molecule has 0 bridgehead atoms. The standard InChI is InChI=1S/C18H16O/c1-13(19)18(2)16(14-9-5-3-6-10-14)17(18)15-11-7-4-8-12-15/h3-12H,1-2H3. The van der Waals surface area contributed by atoms with Crippen LogP contribution >= 0.6 is 0 Å². The highest BCUT2D eigenvalue weighted by Gasteiger charge is 2.53. The van der Waals surface area contributed by atoms with E-state index in [1.807, 2.05) is 43.3 Å². The van der Waals surface area contributed by atoms with Gasteiger partial charge in [0.05, 0.1) is 5.41 Å². The van der Waals surface area contributed by atoms with Crippen molar-refractivity contribution in [2.75, 3.05) is 0 Å². The number of Topliss-reactive ketones (excluding diaryl/α,β-unsaturated/α-hetero) is 1. The topological polar surface area (TPSA) is 17.1 Å². The maximum atomic E-state index is 12.1. The van der Waals surface area contributed by atoms with Crippen LogP contribution in [0.15, 0.2) is 60.7 Å². The van der Waals surface area contributed by atoms with Crippen molar-refractivity contribution in [2.24, 2.45) is 5.41 Å². The van der Waals surface area contributed by atoms with E-state index in [0.717, 1.165) is 11.1 Å². The summed E-state index contributed by atoms with van der Waals surface area (Å²) >= 11 is 0. The van der Waals surface area contributed by atoms with Crippen LogP contribution in [0.25, 0.3) is 11.1 Å². The molecule has 0 heterocycles. The van der Waals surface area contributed by atoms with Crippen LogP contribution in [0.3, 0.4) is 0 Å². The highest BCUT2D eigenvalue weighted by Crippen LogP contribution is 2.63. The summed E-state index contributed by atoms with van der Waals surface area (Å²) < 4.78 is 0. The molecule has 19 heavy (non-hydrogen) atoms. The first kappa shape index (κ1) is 11.9. The number of ketones is 1. The maximum absolute atomic E-state index is 12.1. The Morgan fingerprint density at radius 2 is 1.16 bits per heavy atom. The van der Waals surface area contributed by atoms with Crippen LogP contribution in [0.4, 0.5) is 0 Å². The number of allylic oxidation sites excluding steroid dienone is 2. The number of hydrogen-bond acceptors (Lipinski definition) is 1. The lowest BCUT2D eigenvalue weighted by atomic mass is 9.91. The van der Waals surface area contributed by atoms with Crippen LogP contribution in [0.5, 0.6) is 0 Å². The third-order valence-corrected chi connectivity index (χ3v) is 4.02. The molecule has 1 aliphatic carbocycles. The summed E-state index contributed by atoms with van der Waals surface area (Å²) in [6.45, 7) is 3.71. The van der Waals surface area contributed by atoms with Gasteiger partial charge in [0, 0.05) is 0 Å². The molecule has 0 fully saturated rings. The number of rotatable bonds is 3. The number of carbonyl (C=O) groups excluding carboxylic acids is 1. The van der Waals surface area contributed by atoms with Gasteiger partial charge in [0.15, 0.2) is 0 Å². The Hall–Kier alpha value is -2.15. The Morgan fingerprint density at radius 3 is 1.47 bits per heavy atom. The Kier molecular flexibility index (Phi) is 2.63. The molecule has 0 unspecified atom stereocenters. The van der Waals surface area contributed by atoms with Crippen LogP contribution in [-0.4, -0.2) is 5.78 Å². The summed E-state index contributed by atoms with van der Waals surface area (Å²) in [4.78, 5) is 12.1. The Labute approximate surface area is 113 Å². The largest absolute Gasteiger partial charge is 0.299 e. The van der Waals surface area contributed by atoms with Gasteiger partial charge in [-0.15, -0.1) is 0 Å². The smallest absolute Gasteiger partial charge is 0.144 e. The molecule has 1 nitrogen and oxygen atoms in total. The molecule has 0 atom stereocenters. The summed E-state index contributed by atoms with van der Waals surface area (Å²) in [6.07, 6.45) is 0. The molecule has 0 spiro atoms. The highest BCUT2D eigenvalue weighted by atomic mass is 16.1. The van der Waals surface area contributed by atoms with Crippen LogP contribution in [0, 0.1) is 5.41 Å². The predicted molar refractivity (Wildman–Crippen MR) is 78.5 cm³/mol. The molecule has 3 rings (SSSR count). The zero-order chi connectivity index (χ0) is 13.5. The summed E-state index contributed by atoms with van der Waals surface area (Å²) in [6, 6.07) is 20.4. The van der Waals surface area contributed by atoms with E-state index in [0.29, 0.717) is 0 Å². The van der Waals surface area contributed by atoms with E-state index in [1.165, 1.54) is 11.1 Å². The molecular weight excluding hydrogens is 232 g/mol. The van der Waals surface area contributed by atoms with E-state index in [1.54, 1.807) is 6.92 Å². The van der Waals surface area contributed by atoms with E-state index < -0.39 is 5.41 Å². The predicted octanol–water partition coefficient (Wildman–Crippen LogP) is 4.21. The molecule has 0 aromatic heterocycles. The summed E-state index contributed by atoms with van der Waals surface area (Å²) in [5, 5.41) is 0. The minimum absolute atomic E-state index is 0.213. The molecule has 0 N–H and O–H groups in total. The molecule has 94 valence electrons. The Morgan fingerprint density at radius 1 is 0.789 bits per heavy atom. The van der Waals surface area contributed by atoms with Crippen LogP contribution in [0.1, 0.15) is 25.0 Å². The van der Waals surface area contributed by atoms with E-state index in [-0.39, 0.29) is 5.78 Å². The summed E-state index contributed by atoms with van der Waals surface area (Å²) in [7, 11) is 0. The number of hydrogen-bond donors (Lipinski definition) is 0. The van der Waals surface area contributed by atoms with Gasteiger partial charge in [0.2, 0.25) is 0 Å². The molecule has 2 aromatic rings. The van der Waals surface area contributed by atoms with E-state index in [9.17, 15) is 4.79 Å². The SMILES string of the molecule is CC(=O)C1(C)C(c2ccccc2)=C1c1ccccc1. The van der Waals surface area contributed by atoms with Crippen LogP contribution in [0.2, 0.25) is 0 Å². The molecule has 0 radical (unpaired) electrons. The van der Waals surface area contributed by atoms with Crippen molar-refractivity contribution in [2.45, 2.75) is 13.8 Å². The van der Waals surface area contributed by atoms with Gasteiger partial charge < -0.3 is 0 Å². The first-order valence-electron chi connectivity index (χ1n) is 6.53. The van der Waals surface area contributed by atoms with Gasteiger partial charge in [0.25, 0.3) is 0 Å². The lowest BCUT2D eigenvalue weighted by Crippen LogP contribution is -2.12. The molecule has 2 aromatic carbocycles. The minimum atomic E-state index is -0.414. The van der Waals surface area contributed by atoms with Gasteiger partial charge in [-0.05, 0) is 36.1 Å². The van der Waals surface area contributed by atoms with Gasteiger partial charge in [-0.25, -0.2) is 0 Å². The third kappa shape index (κ3) is 1.74. The van der Waals surface area contributed by atoms with Gasteiger partial charge in [0.1, 0.15) is 5.78 Å². The lowest BCUT2D eigenvalue weighted by molar-refractivity contribution is -0.120. The molecule has 0 aliphatic heterocycles. The van der Waals surface area contributed by atoms with Crippen molar-refractivity contribution in [1.29, 1.82) is 0 Å². The van der Waals surface area contributed by atoms with Gasteiger partial charge in [-0.1, -0.05) is 60.7 Å². The number of benzene rings is 2. The normalized spacial score (nSPS) is 16.3. The van der Waals surface area contributed by atoms with Crippen molar-refractivity contribution < 1.29 is 4.79 Å². The zero-order valence-electron chi connectivity index (χ0n) is 11.2. The first-order valence-corrected chi connectivity index (χ1v) is 6.53. The Balaban J connectivity index is 2.13. The molecular formula is C18H16O. The van der Waals surface area contributed by atoms with Gasteiger partial charge >= 0.3 is 0 Å². The second-order valence-corrected chi connectivity index (χ2v) is 5.16. The fourth-order valence-corrected chi connectivity index (χ4v) is 2.80. The van der Waals surface area contributed by atoms with Gasteiger partial charge in [-0.2, -0.15) is 0 Å². The molecule has 1 aliphatic rings. The molecule has 0 amide bonds. The van der Waals surface area contributed by atoms with E-state index >= 15 is 0 Å². The second kappa shape index (κ2) is 4.20. The lowest BCUT2D eigenvalue weighted by Gasteiger charge is -2.10. The van der Waals surface area contributed by atoms with Crippen molar-refractivity contribution in [3.63, 3.8) is 0 Å². The average Bonchev–Trinajstić information content (AvgIpc) is 3.09. The zero-order valence-corrected chi connectivity index (χ0v) is 11.2. The molecule has 0 saturated heterocycles. The van der Waals surface area contributed by atoms with Crippen molar-refractivity contribution in [1.82, 2.24) is 0 Å². The van der Waals surface area contributed by atoms with Crippen molar-refractivity contribution in [3.8, 4) is 0 Å². The van der Waals surface area contributed by atoms with Gasteiger partial charge in [-0.3, -0.25) is 4.79 Å². The molecule has 0 saturated carbocycles. The third-order valence-electron chi connectivity index (χ3n) is 4.02. The van der Waals surface area contributed by atoms with E-state index in [2.05, 4.69) is 24.3 Å². The van der Waals surface area contributed by atoms with Crippen LogP contribution < -0.4 is 0 Å².